The Hall–Kier alpha value is -1.94. The molecule has 0 atom stereocenters. The van der Waals surface area contributed by atoms with Crippen molar-refractivity contribution in [1.82, 2.24) is 0 Å². The predicted molar refractivity (Wildman–Crippen MR) is 56.6 cm³/mol. The van der Waals surface area contributed by atoms with E-state index in [9.17, 15) is 8.78 Å². The molecule has 0 fully saturated rings. The standard InChI is InChI=1S/C12H9F2NO/c13-10-5-9(6-11(14)7-10)8-1-3-12(16-15)4-2-8/h1-7H,15H2. The maximum absolute atomic E-state index is 13.0. The molecule has 2 rings (SSSR count). The highest BCUT2D eigenvalue weighted by Crippen LogP contribution is 2.23. The fourth-order valence-corrected chi connectivity index (χ4v) is 1.45. The van der Waals surface area contributed by atoms with Gasteiger partial charge in [-0.25, -0.2) is 8.78 Å². The largest absolute Gasteiger partial charge is 0.412 e. The van der Waals surface area contributed by atoms with Crippen LogP contribution in [-0.4, -0.2) is 0 Å². The molecule has 0 aliphatic heterocycles. The fraction of sp³-hybridized carbons (Fsp3) is 0. The van der Waals surface area contributed by atoms with Crippen molar-refractivity contribution in [3.8, 4) is 16.9 Å². The zero-order chi connectivity index (χ0) is 11.5. The van der Waals surface area contributed by atoms with Gasteiger partial charge in [0, 0.05) is 6.07 Å². The van der Waals surface area contributed by atoms with Crippen molar-refractivity contribution in [2.24, 2.45) is 5.90 Å². The van der Waals surface area contributed by atoms with Gasteiger partial charge in [0.1, 0.15) is 17.4 Å². The Bertz CT molecular complexity index is 477. The van der Waals surface area contributed by atoms with E-state index in [4.69, 9.17) is 5.90 Å². The first kappa shape index (κ1) is 10.6. The van der Waals surface area contributed by atoms with Gasteiger partial charge >= 0.3 is 0 Å². The van der Waals surface area contributed by atoms with E-state index in [2.05, 4.69) is 4.84 Å². The quantitative estimate of drug-likeness (QED) is 0.791. The molecular formula is C12H9F2NO. The second-order valence-corrected chi connectivity index (χ2v) is 3.30. The summed E-state index contributed by atoms with van der Waals surface area (Å²) >= 11 is 0. The van der Waals surface area contributed by atoms with Gasteiger partial charge in [-0.1, -0.05) is 12.1 Å². The predicted octanol–water partition coefficient (Wildman–Crippen LogP) is 2.88. The van der Waals surface area contributed by atoms with Crippen LogP contribution < -0.4 is 10.7 Å². The molecule has 0 aliphatic carbocycles. The first-order chi connectivity index (χ1) is 7.69. The molecule has 0 unspecified atom stereocenters. The van der Waals surface area contributed by atoms with Crippen molar-refractivity contribution < 1.29 is 13.6 Å². The molecule has 0 aromatic heterocycles. The monoisotopic (exact) mass is 221 g/mol. The number of hydrogen-bond donors (Lipinski definition) is 1. The minimum atomic E-state index is -0.603. The summed E-state index contributed by atoms with van der Waals surface area (Å²) in [7, 11) is 0. The van der Waals surface area contributed by atoms with Crippen LogP contribution in [0, 0.1) is 11.6 Å². The molecule has 2 aromatic carbocycles. The maximum Gasteiger partial charge on any atom is 0.146 e. The third-order valence-corrected chi connectivity index (χ3v) is 2.19. The summed E-state index contributed by atoms with van der Waals surface area (Å²) < 4.78 is 25.9. The van der Waals surface area contributed by atoms with E-state index in [0.29, 0.717) is 16.9 Å². The van der Waals surface area contributed by atoms with Gasteiger partial charge in [-0.15, -0.1) is 0 Å². The summed E-state index contributed by atoms with van der Waals surface area (Å²) in [4.78, 5) is 4.50. The molecule has 82 valence electrons. The lowest BCUT2D eigenvalue weighted by Gasteiger charge is -2.03. The van der Waals surface area contributed by atoms with Crippen molar-refractivity contribution in [3.63, 3.8) is 0 Å². The number of rotatable bonds is 2. The SMILES string of the molecule is NOc1ccc(-c2cc(F)cc(F)c2)cc1. The molecule has 0 aliphatic rings. The highest BCUT2D eigenvalue weighted by molar-refractivity contribution is 5.64. The molecule has 16 heavy (non-hydrogen) atoms. The van der Waals surface area contributed by atoms with Crippen LogP contribution >= 0.6 is 0 Å². The van der Waals surface area contributed by atoms with Gasteiger partial charge < -0.3 is 4.84 Å². The molecule has 0 amide bonds. The van der Waals surface area contributed by atoms with Crippen molar-refractivity contribution >= 4 is 0 Å². The maximum atomic E-state index is 13.0. The van der Waals surface area contributed by atoms with Gasteiger partial charge in [0.05, 0.1) is 0 Å². The molecule has 4 heteroatoms. The molecule has 2 nitrogen and oxygen atoms in total. The van der Waals surface area contributed by atoms with E-state index >= 15 is 0 Å². The zero-order valence-electron chi connectivity index (χ0n) is 8.28. The number of halogens is 2. The lowest BCUT2D eigenvalue weighted by atomic mass is 10.1. The van der Waals surface area contributed by atoms with Gasteiger partial charge in [0.2, 0.25) is 0 Å². The molecular weight excluding hydrogens is 212 g/mol. The molecule has 0 saturated carbocycles. The van der Waals surface area contributed by atoms with E-state index in [0.717, 1.165) is 6.07 Å². The Kier molecular flexibility index (Phi) is 2.83. The van der Waals surface area contributed by atoms with Crippen LogP contribution in [0.2, 0.25) is 0 Å². The number of nitrogens with two attached hydrogens (primary N) is 1. The highest BCUT2D eigenvalue weighted by atomic mass is 19.1. The molecule has 0 radical (unpaired) electrons. The van der Waals surface area contributed by atoms with Crippen LogP contribution in [0.4, 0.5) is 8.78 Å². The van der Waals surface area contributed by atoms with E-state index in [1.807, 2.05) is 0 Å². The van der Waals surface area contributed by atoms with Crippen molar-refractivity contribution in [2.45, 2.75) is 0 Å². The summed E-state index contributed by atoms with van der Waals surface area (Å²) in [6.07, 6.45) is 0. The van der Waals surface area contributed by atoms with Crippen LogP contribution in [0.3, 0.4) is 0 Å². The summed E-state index contributed by atoms with van der Waals surface area (Å²) in [6.45, 7) is 0. The minimum absolute atomic E-state index is 0.473. The molecule has 0 heterocycles. The number of benzene rings is 2. The normalized spacial score (nSPS) is 10.2. The molecule has 0 bridgehead atoms. The van der Waals surface area contributed by atoms with E-state index in [1.54, 1.807) is 24.3 Å². The van der Waals surface area contributed by atoms with Gasteiger partial charge in [-0.3, -0.25) is 0 Å². The van der Waals surface area contributed by atoms with Crippen LogP contribution in [0.15, 0.2) is 42.5 Å². The topological polar surface area (TPSA) is 35.2 Å². The highest BCUT2D eigenvalue weighted by Gasteiger charge is 2.03. The molecule has 2 aromatic rings. The molecule has 0 spiro atoms. The summed E-state index contributed by atoms with van der Waals surface area (Å²) in [5.41, 5.74) is 1.17. The lowest BCUT2D eigenvalue weighted by molar-refractivity contribution is 0.334. The Balaban J connectivity index is 2.42. The second-order valence-electron chi connectivity index (χ2n) is 3.30. The van der Waals surface area contributed by atoms with Crippen LogP contribution in [0.5, 0.6) is 5.75 Å². The zero-order valence-corrected chi connectivity index (χ0v) is 8.28. The molecule has 2 N–H and O–H groups in total. The third kappa shape index (κ3) is 2.17. The Morgan fingerprint density at radius 2 is 1.38 bits per heavy atom. The summed E-state index contributed by atoms with van der Waals surface area (Å²) in [6, 6.07) is 9.97. The van der Waals surface area contributed by atoms with Crippen molar-refractivity contribution in [3.05, 3.63) is 54.1 Å². The van der Waals surface area contributed by atoms with E-state index in [1.165, 1.54) is 12.1 Å². The van der Waals surface area contributed by atoms with Crippen LogP contribution in [0.1, 0.15) is 0 Å². The van der Waals surface area contributed by atoms with E-state index < -0.39 is 11.6 Å². The van der Waals surface area contributed by atoms with Crippen LogP contribution in [-0.2, 0) is 0 Å². The number of hydrogen-bond acceptors (Lipinski definition) is 2. The van der Waals surface area contributed by atoms with Gasteiger partial charge in [0.15, 0.2) is 0 Å². The Morgan fingerprint density at radius 3 is 1.88 bits per heavy atom. The van der Waals surface area contributed by atoms with Crippen molar-refractivity contribution in [1.29, 1.82) is 0 Å². The van der Waals surface area contributed by atoms with Crippen molar-refractivity contribution in [2.75, 3.05) is 0 Å². The summed E-state index contributed by atoms with van der Waals surface area (Å²) in [5, 5.41) is 0. The van der Waals surface area contributed by atoms with E-state index in [-0.39, 0.29) is 0 Å². The van der Waals surface area contributed by atoms with Gasteiger partial charge in [-0.05, 0) is 35.4 Å². The average Bonchev–Trinajstić information content (AvgIpc) is 2.28. The fourth-order valence-electron chi connectivity index (χ4n) is 1.45. The average molecular weight is 221 g/mol. The second kappa shape index (κ2) is 4.28. The molecule has 0 saturated heterocycles. The lowest BCUT2D eigenvalue weighted by Crippen LogP contribution is -2.01. The first-order valence-corrected chi connectivity index (χ1v) is 4.62. The third-order valence-electron chi connectivity index (χ3n) is 2.19. The minimum Gasteiger partial charge on any atom is -0.412 e. The smallest absolute Gasteiger partial charge is 0.146 e. The van der Waals surface area contributed by atoms with Gasteiger partial charge in [-0.2, -0.15) is 5.90 Å². The summed E-state index contributed by atoms with van der Waals surface area (Å²) in [5.74, 6) is 4.25. The van der Waals surface area contributed by atoms with Gasteiger partial charge in [0.25, 0.3) is 0 Å². The Labute approximate surface area is 91.2 Å². The Morgan fingerprint density at radius 1 is 0.812 bits per heavy atom. The van der Waals surface area contributed by atoms with Crippen LogP contribution in [0.25, 0.3) is 11.1 Å². The first-order valence-electron chi connectivity index (χ1n) is 4.62.